The van der Waals surface area contributed by atoms with Crippen molar-refractivity contribution in [3.63, 3.8) is 0 Å². The fraction of sp³-hybridized carbons (Fsp3) is 0.500. The molecule has 0 radical (unpaired) electrons. The van der Waals surface area contributed by atoms with Gasteiger partial charge in [-0.25, -0.2) is 8.78 Å². The Hall–Kier alpha value is -1.00. The summed E-state index contributed by atoms with van der Waals surface area (Å²) in [4.78, 5) is 0. The Morgan fingerprint density at radius 3 is 2.50 bits per heavy atom. The van der Waals surface area contributed by atoms with Crippen molar-refractivity contribution >= 4 is 0 Å². The molecule has 0 bridgehead atoms. The van der Waals surface area contributed by atoms with Crippen LogP contribution >= 0.6 is 0 Å². The number of nitrogens with one attached hydrogen (secondary N) is 1. The molecule has 1 fully saturated rings. The van der Waals surface area contributed by atoms with Gasteiger partial charge in [0, 0.05) is 6.04 Å². The Morgan fingerprint density at radius 1 is 1.19 bits per heavy atom. The van der Waals surface area contributed by atoms with E-state index in [0.717, 1.165) is 24.9 Å². The maximum Gasteiger partial charge on any atom is 0.159 e. The minimum Gasteiger partial charge on any atom is -0.333 e. The summed E-state index contributed by atoms with van der Waals surface area (Å²) in [6.45, 7) is 0.962. The molecule has 0 aromatic heterocycles. The van der Waals surface area contributed by atoms with Gasteiger partial charge in [-0.3, -0.25) is 0 Å². The molecular formula is C12H18F2N2. The Balaban J connectivity index is 0.000000606. The molecule has 0 aliphatic carbocycles. The first kappa shape index (κ1) is 13.1. The number of halogens is 2. The van der Waals surface area contributed by atoms with Gasteiger partial charge in [0.2, 0.25) is 0 Å². The second-order valence-corrected chi connectivity index (χ2v) is 3.68. The van der Waals surface area contributed by atoms with E-state index in [-0.39, 0.29) is 6.04 Å². The summed E-state index contributed by atoms with van der Waals surface area (Å²) >= 11 is 0. The van der Waals surface area contributed by atoms with Crippen LogP contribution in [-0.2, 0) is 0 Å². The molecule has 2 rings (SSSR count). The van der Waals surface area contributed by atoms with Crippen molar-refractivity contribution in [3.05, 3.63) is 35.4 Å². The molecule has 1 heterocycles. The van der Waals surface area contributed by atoms with Gasteiger partial charge in [-0.05, 0) is 44.1 Å². The van der Waals surface area contributed by atoms with Crippen molar-refractivity contribution in [2.75, 3.05) is 13.6 Å². The first-order valence-corrected chi connectivity index (χ1v) is 5.53. The maximum atomic E-state index is 12.9. The Labute approximate surface area is 94.8 Å². The molecule has 1 unspecified atom stereocenters. The standard InChI is InChI=1S/C11H13F2N.CH5N/c12-9-5-4-8(7-10(9)13)11-3-1-2-6-14-11;1-2/h4-5,7,11,14H,1-3,6H2;2H2,1H3. The zero-order chi connectivity index (χ0) is 12.0. The third kappa shape index (κ3) is 3.25. The Kier molecular flexibility index (Phi) is 5.35. The molecule has 2 nitrogen and oxygen atoms in total. The predicted octanol–water partition coefficient (Wildman–Crippen LogP) is 2.35. The molecule has 0 amide bonds. The van der Waals surface area contributed by atoms with Crippen molar-refractivity contribution in [1.29, 1.82) is 0 Å². The SMILES string of the molecule is CN.Fc1ccc(C2CCCCN2)cc1F. The van der Waals surface area contributed by atoms with Crippen LogP contribution < -0.4 is 11.1 Å². The lowest BCUT2D eigenvalue weighted by atomic mass is 9.97. The predicted molar refractivity (Wildman–Crippen MR) is 61.1 cm³/mol. The number of nitrogens with two attached hydrogens (primary N) is 1. The summed E-state index contributed by atoms with van der Waals surface area (Å²) in [6.07, 6.45) is 3.32. The van der Waals surface area contributed by atoms with E-state index in [1.54, 1.807) is 6.07 Å². The van der Waals surface area contributed by atoms with E-state index in [9.17, 15) is 8.78 Å². The summed E-state index contributed by atoms with van der Waals surface area (Å²) in [7, 11) is 1.50. The van der Waals surface area contributed by atoms with Crippen LogP contribution in [0.15, 0.2) is 18.2 Å². The zero-order valence-corrected chi connectivity index (χ0v) is 9.47. The lowest BCUT2D eigenvalue weighted by Gasteiger charge is -2.23. The van der Waals surface area contributed by atoms with Gasteiger partial charge in [-0.1, -0.05) is 12.5 Å². The van der Waals surface area contributed by atoms with Crippen LogP contribution in [0.5, 0.6) is 0 Å². The van der Waals surface area contributed by atoms with Crippen LogP contribution in [0.2, 0.25) is 0 Å². The average Bonchev–Trinajstić information content (AvgIpc) is 2.36. The minimum absolute atomic E-state index is 0.193. The Bertz CT molecular complexity index is 323. The van der Waals surface area contributed by atoms with Crippen LogP contribution in [0.25, 0.3) is 0 Å². The highest BCUT2D eigenvalue weighted by atomic mass is 19.2. The number of piperidine rings is 1. The lowest BCUT2D eigenvalue weighted by molar-refractivity contribution is 0.409. The average molecular weight is 228 g/mol. The summed E-state index contributed by atoms with van der Waals surface area (Å²) in [5, 5.41) is 3.29. The third-order valence-corrected chi connectivity index (χ3v) is 2.66. The normalized spacial score (nSPS) is 19.9. The van der Waals surface area contributed by atoms with Gasteiger partial charge in [0.1, 0.15) is 0 Å². The molecule has 0 spiro atoms. The van der Waals surface area contributed by atoms with Crippen molar-refractivity contribution in [2.45, 2.75) is 25.3 Å². The van der Waals surface area contributed by atoms with E-state index in [2.05, 4.69) is 11.1 Å². The molecule has 4 heteroatoms. The van der Waals surface area contributed by atoms with Gasteiger partial charge in [0.05, 0.1) is 0 Å². The summed E-state index contributed by atoms with van der Waals surface area (Å²) < 4.78 is 25.6. The highest BCUT2D eigenvalue weighted by Crippen LogP contribution is 2.23. The molecule has 16 heavy (non-hydrogen) atoms. The highest BCUT2D eigenvalue weighted by molar-refractivity contribution is 5.21. The molecule has 90 valence electrons. The van der Waals surface area contributed by atoms with Crippen LogP contribution in [0, 0.1) is 11.6 Å². The van der Waals surface area contributed by atoms with Gasteiger partial charge in [-0.2, -0.15) is 0 Å². The van der Waals surface area contributed by atoms with E-state index in [1.165, 1.54) is 25.6 Å². The molecule has 1 saturated heterocycles. The Morgan fingerprint density at radius 2 is 1.94 bits per heavy atom. The zero-order valence-electron chi connectivity index (χ0n) is 9.47. The van der Waals surface area contributed by atoms with E-state index >= 15 is 0 Å². The van der Waals surface area contributed by atoms with E-state index in [1.807, 2.05) is 0 Å². The molecule has 1 atom stereocenters. The largest absolute Gasteiger partial charge is 0.333 e. The van der Waals surface area contributed by atoms with Gasteiger partial charge in [0.15, 0.2) is 11.6 Å². The van der Waals surface area contributed by atoms with E-state index in [4.69, 9.17) is 0 Å². The van der Waals surface area contributed by atoms with Crippen molar-refractivity contribution in [2.24, 2.45) is 5.73 Å². The third-order valence-electron chi connectivity index (χ3n) is 2.66. The molecule has 1 aliphatic rings. The fourth-order valence-electron chi connectivity index (χ4n) is 1.87. The molecule has 3 N–H and O–H groups in total. The lowest BCUT2D eigenvalue weighted by Crippen LogP contribution is -2.26. The topological polar surface area (TPSA) is 38.0 Å². The summed E-state index contributed by atoms with van der Waals surface area (Å²) in [5.74, 6) is -1.53. The first-order valence-electron chi connectivity index (χ1n) is 5.53. The van der Waals surface area contributed by atoms with Crippen LogP contribution in [0.4, 0.5) is 8.78 Å². The van der Waals surface area contributed by atoms with Crippen molar-refractivity contribution < 1.29 is 8.78 Å². The fourth-order valence-corrected chi connectivity index (χ4v) is 1.87. The van der Waals surface area contributed by atoms with Crippen LogP contribution in [0.1, 0.15) is 30.9 Å². The van der Waals surface area contributed by atoms with Gasteiger partial charge in [0.25, 0.3) is 0 Å². The smallest absolute Gasteiger partial charge is 0.159 e. The number of hydrogen-bond acceptors (Lipinski definition) is 2. The molecule has 1 aromatic rings. The van der Waals surface area contributed by atoms with Crippen molar-refractivity contribution in [3.8, 4) is 0 Å². The number of benzene rings is 1. The summed E-state index contributed by atoms with van der Waals surface area (Å²) in [5.41, 5.74) is 5.35. The molecule has 1 aliphatic heterocycles. The molecule has 1 aromatic carbocycles. The minimum atomic E-state index is -0.774. The summed E-state index contributed by atoms with van der Waals surface area (Å²) in [6, 6.07) is 4.33. The van der Waals surface area contributed by atoms with Gasteiger partial charge >= 0.3 is 0 Å². The number of rotatable bonds is 1. The van der Waals surface area contributed by atoms with Crippen LogP contribution in [-0.4, -0.2) is 13.6 Å². The van der Waals surface area contributed by atoms with Gasteiger partial charge < -0.3 is 11.1 Å². The quantitative estimate of drug-likeness (QED) is 0.774. The second kappa shape index (κ2) is 6.55. The monoisotopic (exact) mass is 228 g/mol. The van der Waals surface area contributed by atoms with E-state index in [0.29, 0.717) is 0 Å². The highest BCUT2D eigenvalue weighted by Gasteiger charge is 2.15. The maximum absolute atomic E-state index is 12.9. The van der Waals surface area contributed by atoms with Crippen LogP contribution in [0.3, 0.4) is 0 Å². The molecule has 0 saturated carbocycles. The van der Waals surface area contributed by atoms with E-state index < -0.39 is 11.6 Å². The first-order chi connectivity index (χ1) is 7.77. The second-order valence-electron chi connectivity index (χ2n) is 3.68. The number of hydrogen-bond donors (Lipinski definition) is 2. The van der Waals surface area contributed by atoms with Gasteiger partial charge in [-0.15, -0.1) is 0 Å². The van der Waals surface area contributed by atoms with Crippen molar-refractivity contribution in [1.82, 2.24) is 5.32 Å². The molecular weight excluding hydrogens is 210 g/mol.